The first kappa shape index (κ1) is 12.9. The number of rotatable bonds is 9. The average molecular weight is 188 g/mol. The van der Waals surface area contributed by atoms with E-state index in [1.807, 2.05) is 0 Å². The van der Waals surface area contributed by atoms with Crippen LogP contribution in [0.25, 0.3) is 0 Å². The van der Waals surface area contributed by atoms with Gasteiger partial charge in [-0.2, -0.15) is 0 Å². The van der Waals surface area contributed by atoms with E-state index in [4.69, 9.17) is 10.2 Å². The molecule has 0 aliphatic heterocycles. The van der Waals surface area contributed by atoms with E-state index < -0.39 is 0 Å². The summed E-state index contributed by atoms with van der Waals surface area (Å²) in [6.45, 7) is 2.84. The maximum absolute atomic E-state index is 8.78. The first-order valence-electron chi connectivity index (χ1n) is 5.56. The number of aliphatic hydroxyl groups is 2. The van der Waals surface area contributed by atoms with E-state index in [0.29, 0.717) is 19.1 Å². The van der Waals surface area contributed by atoms with Gasteiger partial charge in [0.1, 0.15) is 0 Å². The van der Waals surface area contributed by atoms with Crippen molar-refractivity contribution in [3.8, 4) is 0 Å². The molecule has 0 rings (SSSR count). The van der Waals surface area contributed by atoms with Gasteiger partial charge in [0.05, 0.1) is 0 Å². The summed E-state index contributed by atoms with van der Waals surface area (Å²) in [5.41, 5.74) is 0. The number of hydrogen-bond acceptors (Lipinski definition) is 2. The Morgan fingerprint density at radius 3 is 2.08 bits per heavy atom. The molecular formula is C11H24O2. The molecule has 0 heterocycles. The van der Waals surface area contributed by atoms with Crippen molar-refractivity contribution >= 4 is 0 Å². The van der Waals surface area contributed by atoms with Gasteiger partial charge in [0.15, 0.2) is 0 Å². The Hall–Kier alpha value is -0.0800. The summed E-state index contributed by atoms with van der Waals surface area (Å²) in [6.07, 6.45) is 7.93. The smallest absolute Gasteiger partial charge is 0.0433 e. The largest absolute Gasteiger partial charge is 0.396 e. The maximum atomic E-state index is 8.78. The lowest BCUT2D eigenvalue weighted by Crippen LogP contribution is -2.01. The van der Waals surface area contributed by atoms with Gasteiger partial charge in [-0.25, -0.2) is 0 Å². The summed E-state index contributed by atoms with van der Waals surface area (Å²) in [5, 5.41) is 17.3. The quantitative estimate of drug-likeness (QED) is 0.545. The summed E-state index contributed by atoms with van der Waals surface area (Å²) in [7, 11) is 0. The minimum absolute atomic E-state index is 0.327. The molecule has 0 saturated heterocycles. The Balaban J connectivity index is 3.17. The Morgan fingerprint density at radius 1 is 0.846 bits per heavy atom. The lowest BCUT2D eigenvalue weighted by Gasteiger charge is -2.12. The van der Waals surface area contributed by atoms with Gasteiger partial charge >= 0.3 is 0 Å². The van der Waals surface area contributed by atoms with E-state index in [0.717, 1.165) is 19.3 Å². The number of hydrogen-bond donors (Lipinski definition) is 2. The van der Waals surface area contributed by atoms with Gasteiger partial charge in [0.2, 0.25) is 0 Å². The van der Waals surface area contributed by atoms with E-state index in [9.17, 15) is 0 Å². The molecule has 0 amide bonds. The summed E-state index contributed by atoms with van der Waals surface area (Å²) in [4.78, 5) is 0. The van der Waals surface area contributed by atoms with Crippen LogP contribution in [-0.2, 0) is 0 Å². The molecule has 0 bridgehead atoms. The normalized spacial score (nSPS) is 13.2. The summed E-state index contributed by atoms with van der Waals surface area (Å²) in [6, 6.07) is 0. The fraction of sp³-hybridized carbons (Fsp3) is 1.00. The third kappa shape index (κ3) is 8.26. The summed E-state index contributed by atoms with van der Waals surface area (Å²) < 4.78 is 0. The zero-order valence-corrected chi connectivity index (χ0v) is 8.84. The standard InChI is InChI=1S/C11H24O2/c1-2-11(8-10-13)7-5-3-4-6-9-12/h11-13H,2-10H2,1H3/t11-/m0/s1. The molecule has 0 saturated carbocycles. The van der Waals surface area contributed by atoms with Crippen molar-refractivity contribution in [2.75, 3.05) is 13.2 Å². The molecule has 0 aromatic carbocycles. The Kier molecular flexibility index (Phi) is 9.94. The van der Waals surface area contributed by atoms with Gasteiger partial charge in [-0.1, -0.05) is 39.0 Å². The Bertz CT molecular complexity index is 94.1. The lowest BCUT2D eigenvalue weighted by atomic mass is 9.95. The third-order valence-electron chi connectivity index (χ3n) is 2.64. The van der Waals surface area contributed by atoms with Crippen molar-refractivity contribution in [2.24, 2.45) is 5.92 Å². The topological polar surface area (TPSA) is 40.5 Å². The van der Waals surface area contributed by atoms with Crippen molar-refractivity contribution in [2.45, 2.75) is 51.9 Å². The molecular weight excluding hydrogens is 164 g/mol. The van der Waals surface area contributed by atoms with Crippen molar-refractivity contribution in [1.29, 1.82) is 0 Å². The summed E-state index contributed by atoms with van der Waals surface area (Å²) in [5.74, 6) is 0.708. The highest BCUT2D eigenvalue weighted by Gasteiger charge is 2.04. The lowest BCUT2D eigenvalue weighted by molar-refractivity contribution is 0.245. The molecule has 0 aromatic heterocycles. The molecule has 2 heteroatoms. The van der Waals surface area contributed by atoms with E-state index in [1.54, 1.807) is 0 Å². The first-order chi connectivity index (χ1) is 6.35. The van der Waals surface area contributed by atoms with Crippen molar-refractivity contribution in [1.82, 2.24) is 0 Å². The molecule has 2 N–H and O–H groups in total. The van der Waals surface area contributed by atoms with Crippen LogP contribution in [0.3, 0.4) is 0 Å². The van der Waals surface area contributed by atoms with Crippen molar-refractivity contribution < 1.29 is 10.2 Å². The van der Waals surface area contributed by atoms with Crippen molar-refractivity contribution in [3.05, 3.63) is 0 Å². The minimum Gasteiger partial charge on any atom is -0.396 e. The van der Waals surface area contributed by atoms with E-state index in [-0.39, 0.29) is 0 Å². The SMILES string of the molecule is CC[C@H](CCO)CCCCCCO. The van der Waals surface area contributed by atoms with E-state index in [1.165, 1.54) is 25.7 Å². The van der Waals surface area contributed by atoms with Crippen LogP contribution < -0.4 is 0 Å². The van der Waals surface area contributed by atoms with Gasteiger partial charge in [-0.05, 0) is 18.8 Å². The Labute approximate surface area is 82.0 Å². The third-order valence-corrected chi connectivity index (χ3v) is 2.64. The molecule has 0 aromatic rings. The van der Waals surface area contributed by atoms with Crippen molar-refractivity contribution in [3.63, 3.8) is 0 Å². The minimum atomic E-state index is 0.327. The summed E-state index contributed by atoms with van der Waals surface area (Å²) >= 11 is 0. The second kappa shape index (κ2) is 10.0. The fourth-order valence-electron chi connectivity index (χ4n) is 1.63. The molecule has 0 aliphatic rings. The Morgan fingerprint density at radius 2 is 1.54 bits per heavy atom. The van der Waals surface area contributed by atoms with Crippen LogP contribution in [0, 0.1) is 5.92 Å². The predicted octanol–water partition coefficient (Wildman–Crippen LogP) is 2.34. The van der Waals surface area contributed by atoms with Gasteiger partial charge in [-0.15, -0.1) is 0 Å². The first-order valence-corrected chi connectivity index (χ1v) is 5.56. The van der Waals surface area contributed by atoms with Gasteiger partial charge in [-0.3, -0.25) is 0 Å². The molecule has 0 spiro atoms. The zero-order chi connectivity index (χ0) is 9.94. The number of unbranched alkanes of at least 4 members (excludes halogenated alkanes) is 3. The number of aliphatic hydroxyl groups excluding tert-OH is 2. The predicted molar refractivity (Wildman–Crippen MR) is 55.7 cm³/mol. The van der Waals surface area contributed by atoms with Crippen LogP contribution in [-0.4, -0.2) is 23.4 Å². The van der Waals surface area contributed by atoms with Crippen LogP contribution in [0.15, 0.2) is 0 Å². The average Bonchev–Trinajstić information content (AvgIpc) is 2.16. The monoisotopic (exact) mass is 188 g/mol. The van der Waals surface area contributed by atoms with Gasteiger partial charge < -0.3 is 10.2 Å². The van der Waals surface area contributed by atoms with Crippen LogP contribution in [0.2, 0.25) is 0 Å². The highest BCUT2D eigenvalue weighted by molar-refractivity contribution is 4.57. The van der Waals surface area contributed by atoms with E-state index >= 15 is 0 Å². The molecule has 80 valence electrons. The molecule has 13 heavy (non-hydrogen) atoms. The second-order valence-corrected chi connectivity index (χ2v) is 3.71. The maximum Gasteiger partial charge on any atom is 0.0433 e. The molecule has 1 atom stereocenters. The molecule has 0 fully saturated rings. The van der Waals surface area contributed by atoms with Gasteiger partial charge in [0, 0.05) is 13.2 Å². The second-order valence-electron chi connectivity index (χ2n) is 3.71. The molecule has 0 unspecified atom stereocenters. The zero-order valence-electron chi connectivity index (χ0n) is 8.84. The van der Waals surface area contributed by atoms with Crippen LogP contribution in [0.5, 0.6) is 0 Å². The van der Waals surface area contributed by atoms with Gasteiger partial charge in [0.25, 0.3) is 0 Å². The molecule has 0 radical (unpaired) electrons. The van der Waals surface area contributed by atoms with Crippen LogP contribution in [0.1, 0.15) is 51.9 Å². The molecule has 2 nitrogen and oxygen atoms in total. The van der Waals surface area contributed by atoms with E-state index in [2.05, 4.69) is 6.92 Å². The fourth-order valence-corrected chi connectivity index (χ4v) is 1.63. The highest BCUT2D eigenvalue weighted by atomic mass is 16.3. The highest BCUT2D eigenvalue weighted by Crippen LogP contribution is 2.16. The van der Waals surface area contributed by atoms with Crippen LogP contribution >= 0.6 is 0 Å². The van der Waals surface area contributed by atoms with Crippen LogP contribution in [0.4, 0.5) is 0 Å². The molecule has 0 aliphatic carbocycles.